The van der Waals surface area contributed by atoms with E-state index in [1.54, 1.807) is 25.1 Å². The third-order valence-corrected chi connectivity index (χ3v) is 2.60. The van der Waals surface area contributed by atoms with E-state index in [0.717, 1.165) is 5.56 Å². The van der Waals surface area contributed by atoms with Gasteiger partial charge in [-0.05, 0) is 37.1 Å². The molecule has 0 saturated carbocycles. The quantitative estimate of drug-likeness (QED) is 0.758. The van der Waals surface area contributed by atoms with Crippen molar-refractivity contribution in [2.24, 2.45) is 0 Å². The summed E-state index contributed by atoms with van der Waals surface area (Å²) in [5, 5.41) is 17.9. The van der Waals surface area contributed by atoms with Crippen molar-refractivity contribution in [3.63, 3.8) is 0 Å². The maximum Gasteiger partial charge on any atom is 0.305 e. The van der Waals surface area contributed by atoms with Gasteiger partial charge in [-0.3, -0.25) is 4.79 Å². The van der Waals surface area contributed by atoms with E-state index in [1.807, 2.05) is 6.92 Å². The fourth-order valence-electron chi connectivity index (χ4n) is 1.80. The number of carboxylic acids is 1. The number of nitrogens with zero attached hydrogens (tertiary/aromatic N) is 1. The Kier molecular flexibility index (Phi) is 3.19. The van der Waals surface area contributed by atoms with Crippen LogP contribution in [0, 0.1) is 18.3 Å². The number of hydrogen-bond acceptors (Lipinski definition) is 3. The number of hydrogen-bond donors (Lipinski definition) is 2. The van der Waals surface area contributed by atoms with E-state index in [0.29, 0.717) is 11.3 Å². The fraction of sp³-hybridized carbons (Fsp3) is 0.333. The molecular weight excluding hydrogens is 204 g/mol. The molecule has 1 rings (SSSR count). The summed E-state index contributed by atoms with van der Waals surface area (Å²) in [6, 6.07) is 7.21. The second kappa shape index (κ2) is 4.23. The molecule has 0 spiro atoms. The summed E-state index contributed by atoms with van der Waals surface area (Å²) in [4.78, 5) is 10.7. The number of nitrogen functional groups attached to an aromatic ring is 1. The van der Waals surface area contributed by atoms with Gasteiger partial charge in [0.25, 0.3) is 0 Å². The molecule has 16 heavy (non-hydrogen) atoms. The lowest BCUT2D eigenvalue weighted by molar-refractivity contribution is -0.137. The lowest BCUT2D eigenvalue weighted by Gasteiger charge is -2.22. The number of benzene rings is 1. The molecule has 0 aliphatic rings. The number of anilines is 1. The predicted molar refractivity (Wildman–Crippen MR) is 60.8 cm³/mol. The minimum absolute atomic E-state index is 0.214. The van der Waals surface area contributed by atoms with Gasteiger partial charge in [0.2, 0.25) is 0 Å². The molecular formula is C12H14N2O2. The third-order valence-electron chi connectivity index (χ3n) is 2.60. The Hall–Kier alpha value is -2.02. The van der Waals surface area contributed by atoms with Gasteiger partial charge in [0.15, 0.2) is 0 Å². The molecule has 0 amide bonds. The van der Waals surface area contributed by atoms with Crippen LogP contribution in [0.5, 0.6) is 0 Å². The zero-order chi connectivity index (χ0) is 12.3. The molecule has 4 nitrogen and oxygen atoms in total. The van der Waals surface area contributed by atoms with Gasteiger partial charge in [-0.2, -0.15) is 5.26 Å². The maximum atomic E-state index is 10.7. The summed E-state index contributed by atoms with van der Waals surface area (Å²) in [6.07, 6.45) is -0.214. The average Bonchev–Trinajstić information content (AvgIpc) is 2.16. The largest absolute Gasteiger partial charge is 0.481 e. The van der Waals surface area contributed by atoms with Crippen molar-refractivity contribution in [2.45, 2.75) is 25.7 Å². The van der Waals surface area contributed by atoms with Crippen molar-refractivity contribution in [1.29, 1.82) is 5.26 Å². The highest BCUT2D eigenvalue weighted by atomic mass is 16.4. The second-order valence-corrected chi connectivity index (χ2v) is 4.09. The van der Waals surface area contributed by atoms with Crippen molar-refractivity contribution in [3.8, 4) is 6.07 Å². The summed E-state index contributed by atoms with van der Waals surface area (Å²) in [5.74, 6) is -0.986. The first kappa shape index (κ1) is 12.1. The van der Waals surface area contributed by atoms with Crippen LogP contribution < -0.4 is 5.73 Å². The Morgan fingerprint density at radius 3 is 2.69 bits per heavy atom. The van der Waals surface area contributed by atoms with Gasteiger partial charge in [0.05, 0.1) is 17.9 Å². The average molecular weight is 218 g/mol. The SMILES string of the molecule is Cc1cc(N)ccc1C(C)(C#N)CC(=O)O. The molecule has 1 aromatic carbocycles. The molecule has 0 bridgehead atoms. The van der Waals surface area contributed by atoms with Gasteiger partial charge in [-0.1, -0.05) is 6.07 Å². The summed E-state index contributed by atoms with van der Waals surface area (Å²) in [7, 11) is 0. The smallest absolute Gasteiger partial charge is 0.305 e. The fourth-order valence-corrected chi connectivity index (χ4v) is 1.80. The van der Waals surface area contributed by atoms with Crippen molar-refractivity contribution >= 4 is 11.7 Å². The Labute approximate surface area is 94.3 Å². The molecule has 4 heteroatoms. The minimum Gasteiger partial charge on any atom is -0.481 e. The van der Waals surface area contributed by atoms with E-state index >= 15 is 0 Å². The predicted octanol–water partition coefficient (Wildman–Crippen LogP) is 1.83. The lowest BCUT2D eigenvalue weighted by Crippen LogP contribution is -2.24. The van der Waals surface area contributed by atoms with Gasteiger partial charge < -0.3 is 10.8 Å². The monoisotopic (exact) mass is 218 g/mol. The molecule has 1 atom stereocenters. The standard InChI is InChI=1S/C12H14N2O2/c1-8-5-9(14)3-4-10(8)12(2,7-13)6-11(15)16/h3-5H,6,14H2,1-2H3,(H,15,16). The highest BCUT2D eigenvalue weighted by Crippen LogP contribution is 2.30. The van der Waals surface area contributed by atoms with Crippen LogP contribution in [-0.2, 0) is 10.2 Å². The topological polar surface area (TPSA) is 87.1 Å². The van der Waals surface area contributed by atoms with Crippen molar-refractivity contribution in [3.05, 3.63) is 29.3 Å². The molecule has 0 aliphatic carbocycles. The van der Waals surface area contributed by atoms with E-state index in [2.05, 4.69) is 6.07 Å². The van der Waals surface area contributed by atoms with Gasteiger partial charge >= 0.3 is 5.97 Å². The van der Waals surface area contributed by atoms with Crippen molar-refractivity contribution in [2.75, 3.05) is 5.73 Å². The van der Waals surface area contributed by atoms with E-state index in [9.17, 15) is 4.79 Å². The normalized spacial score (nSPS) is 13.8. The first-order valence-corrected chi connectivity index (χ1v) is 4.89. The molecule has 1 unspecified atom stereocenters. The van der Waals surface area contributed by atoms with Gasteiger partial charge in [0.1, 0.15) is 0 Å². The molecule has 0 aliphatic heterocycles. The third kappa shape index (κ3) is 2.31. The number of carbonyl (C=O) groups is 1. The Bertz CT molecular complexity index is 463. The summed E-state index contributed by atoms with van der Waals surface area (Å²) in [6.45, 7) is 3.45. The van der Waals surface area contributed by atoms with Gasteiger partial charge in [-0.25, -0.2) is 0 Å². The number of carboxylic acid groups (broad SMARTS) is 1. The number of aryl methyl sites for hydroxylation is 1. The van der Waals surface area contributed by atoms with Gasteiger partial charge in [0, 0.05) is 5.69 Å². The van der Waals surface area contributed by atoms with E-state index in [4.69, 9.17) is 16.1 Å². The molecule has 0 radical (unpaired) electrons. The van der Waals surface area contributed by atoms with Crippen LogP contribution in [0.25, 0.3) is 0 Å². The minimum atomic E-state index is -1.01. The number of nitrogens with two attached hydrogens (primary N) is 1. The van der Waals surface area contributed by atoms with Gasteiger partial charge in [-0.15, -0.1) is 0 Å². The zero-order valence-electron chi connectivity index (χ0n) is 9.32. The van der Waals surface area contributed by atoms with Crippen molar-refractivity contribution < 1.29 is 9.90 Å². The summed E-state index contributed by atoms with van der Waals surface area (Å²) >= 11 is 0. The van der Waals surface area contributed by atoms with Crippen LogP contribution in [0.2, 0.25) is 0 Å². The zero-order valence-corrected chi connectivity index (χ0v) is 9.32. The molecule has 0 aromatic heterocycles. The maximum absolute atomic E-state index is 10.7. The Morgan fingerprint density at radius 1 is 1.62 bits per heavy atom. The highest BCUT2D eigenvalue weighted by Gasteiger charge is 2.30. The van der Waals surface area contributed by atoms with Crippen LogP contribution in [0.3, 0.4) is 0 Å². The van der Waals surface area contributed by atoms with Crippen LogP contribution in [0.1, 0.15) is 24.5 Å². The summed E-state index contributed by atoms with van der Waals surface area (Å²) in [5.41, 5.74) is 6.76. The molecule has 84 valence electrons. The van der Waals surface area contributed by atoms with E-state index in [1.165, 1.54) is 0 Å². The molecule has 0 heterocycles. The highest BCUT2D eigenvalue weighted by molar-refractivity contribution is 5.70. The number of nitriles is 1. The van der Waals surface area contributed by atoms with Crippen LogP contribution in [0.4, 0.5) is 5.69 Å². The van der Waals surface area contributed by atoms with Crippen LogP contribution >= 0.6 is 0 Å². The Morgan fingerprint density at radius 2 is 2.25 bits per heavy atom. The molecule has 3 N–H and O–H groups in total. The van der Waals surface area contributed by atoms with E-state index < -0.39 is 11.4 Å². The Balaban J connectivity index is 3.24. The van der Waals surface area contributed by atoms with Crippen molar-refractivity contribution in [1.82, 2.24) is 0 Å². The first-order chi connectivity index (χ1) is 7.39. The molecule has 0 saturated heterocycles. The second-order valence-electron chi connectivity index (χ2n) is 4.09. The number of aliphatic carboxylic acids is 1. The number of rotatable bonds is 3. The lowest BCUT2D eigenvalue weighted by atomic mass is 9.79. The van der Waals surface area contributed by atoms with E-state index in [-0.39, 0.29) is 6.42 Å². The van der Waals surface area contributed by atoms with Crippen LogP contribution in [-0.4, -0.2) is 11.1 Å². The van der Waals surface area contributed by atoms with Crippen LogP contribution in [0.15, 0.2) is 18.2 Å². The molecule has 1 aromatic rings. The first-order valence-electron chi connectivity index (χ1n) is 4.89. The molecule has 0 fully saturated rings. The summed E-state index contributed by atoms with van der Waals surface area (Å²) < 4.78 is 0.